The third-order valence-corrected chi connectivity index (χ3v) is 6.25. The summed E-state index contributed by atoms with van der Waals surface area (Å²) in [5.74, 6) is 0.279. The van der Waals surface area contributed by atoms with Crippen molar-refractivity contribution in [2.24, 2.45) is 14.1 Å². The molecule has 0 atom stereocenters. The highest BCUT2D eigenvalue weighted by molar-refractivity contribution is 6.18. The maximum absolute atomic E-state index is 12.9. The van der Waals surface area contributed by atoms with E-state index in [0.29, 0.717) is 54.0 Å². The van der Waals surface area contributed by atoms with Gasteiger partial charge in [0, 0.05) is 80.9 Å². The van der Waals surface area contributed by atoms with E-state index >= 15 is 0 Å². The van der Waals surface area contributed by atoms with E-state index in [2.05, 4.69) is 20.9 Å². The number of carbonyl (C=O) groups excluding carboxylic acids is 3. The lowest BCUT2D eigenvalue weighted by Gasteiger charge is -2.23. The van der Waals surface area contributed by atoms with Crippen LogP contribution in [-0.4, -0.2) is 51.7 Å². The minimum atomic E-state index is -0.348. The molecule has 3 N–H and O–H groups in total. The number of aryl methyl sites for hydroxylation is 2. The fraction of sp³-hybridized carbons (Fsp3) is 0.321. The van der Waals surface area contributed by atoms with Gasteiger partial charge in [0.2, 0.25) is 11.8 Å². The number of carbonyl (C=O) groups is 3. The van der Waals surface area contributed by atoms with Gasteiger partial charge >= 0.3 is 0 Å². The lowest BCUT2D eigenvalue weighted by Crippen LogP contribution is -2.27. The second-order valence-corrected chi connectivity index (χ2v) is 9.73. The molecule has 0 radical (unpaired) electrons. The second kappa shape index (κ2) is 14.5. The van der Waals surface area contributed by atoms with E-state index in [9.17, 15) is 14.4 Å². The van der Waals surface area contributed by atoms with Gasteiger partial charge in [0.05, 0.1) is 11.4 Å². The minimum absolute atomic E-state index is 0.0477. The summed E-state index contributed by atoms with van der Waals surface area (Å²) < 4.78 is 3.46. The quantitative estimate of drug-likeness (QED) is 0.191. The van der Waals surface area contributed by atoms with Crippen LogP contribution < -0.4 is 20.9 Å². The molecule has 3 rings (SSSR count). The number of halogens is 2. The Labute approximate surface area is 238 Å². The van der Waals surface area contributed by atoms with Crippen LogP contribution in [0.4, 0.5) is 22.7 Å². The van der Waals surface area contributed by atoms with Crippen LogP contribution in [0.3, 0.4) is 0 Å². The molecule has 0 spiro atoms. The van der Waals surface area contributed by atoms with E-state index in [1.165, 1.54) is 6.08 Å². The predicted octanol–water partition coefficient (Wildman–Crippen LogP) is 5.29. The highest BCUT2D eigenvalue weighted by atomic mass is 35.5. The fourth-order valence-corrected chi connectivity index (χ4v) is 4.40. The molecule has 0 saturated heterocycles. The first-order valence-corrected chi connectivity index (χ1v) is 13.7. The molecule has 11 heteroatoms. The van der Waals surface area contributed by atoms with Crippen LogP contribution in [0.25, 0.3) is 6.08 Å². The van der Waals surface area contributed by atoms with Gasteiger partial charge in [-0.3, -0.25) is 14.4 Å². The Morgan fingerprint density at radius 3 is 2.15 bits per heavy atom. The molecule has 0 aliphatic rings. The average Bonchev–Trinajstić information content (AvgIpc) is 3.43. The highest BCUT2D eigenvalue weighted by Crippen LogP contribution is 2.20. The molecule has 0 aliphatic carbocycles. The number of anilines is 4. The topological polar surface area (TPSA) is 100 Å². The fourth-order valence-electron chi connectivity index (χ4n) is 3.99. The maximum atomic E-state index is 12.9. The zero-order chi connectivity index (χ0) is 28.4. The van der Waals surface area contributed by atoms with Crippen LogP contribution in [0.1, 0.15) is 35.9 Å². The summed E-state index contributed by atoms with van der Waals surface area (Å²) in [5.41, 5.74) is 3.92. The lowest BCUT2D eigenvalue weighted by atomic mass is 10.2. The lowest BCUT2D eigenvalue weighted by molar-refractivity contribution is -0.116. The summed E-state index contributed by atoms with van der Waals surface area (Å²) in [6, 6.07) is 10.9. The largest absolute Gasteiger partial charge is 0.369 e. The summed E-state index contributed by atoms with van der Waals surface area (Å²) in [5, 5.41) is 8.50. The molecule has 39 heavy (non-hydrogen) atoms. The number of hydrogen-bond donors (Lipinski definition) is 3. The average molecular weight is 574 g/mol. The molecule has 208 valence electrons. The van der Waals surface area contributed by atoms with Gasteiger partial charge in [0.25, 0.3) is 5.91 Å². The number of hydrogen-bond acceptors (Lipinski definition) is 4. The Morgan fingerprint density at radius 1 is 0.872 bits per heavy atom. The van der Waals surface area contributed by atoms with Crippen LogP contribution in [0.2, 0.25) is 0 Å². The molecule has 0 unspecified atom stereocenters. The van der Waals surface area contributed by atoms with Crippen LogP contribution in [0.15, 0.2) is 54.9 Å². The Balaban J connectivity index is 1.59. The summed E-state index contributed by atoms with van der Waals surface area (Å²) >= 11 is 11.8. The summed E-state index contributed by atoms with van der Waals surface area (Å²) in [4.78, 5) is 39.3. The van der Waals surface area contributed by atoms with Crippen LogP contribution in [0.5, 0.6) is 0 Å². The molecule has 9 nitrogen and oxygen atoms in total. The molecule has 2 aromatic heterocycles. The van der Waals surface area contributed by atoms with Gasteiger partial charge in [-0.05, 0) is 48.9 Å². The molecule has 0 bridgehead atoms. The molecule has 2 heterocycles. The number of nitrogens with one attached hydrogen (secondary N) is 3. The van der Waals surface area contributed by atoms with E-state index in [-0.39, 0.29) is 17.7 Å². The second-order valence-electron chi connectivity index (χ2n) is 8.98. The van der Waals surface area contributed by atoms with Gasteiger partial charge in [-0.25, -0.2) is 0 Å². The van der Waals surface area contributed by atoms with Crippen LogP contribution >= 0.6 is 23.2 Å². The molecule has 3 aromatic rings. The van der Waals surface area contributed by atoms with Gasteiger partial charge in [0.1, 0.15) is 5.69 Å². The van der Waals surface area contributed by atoms with Crippen molar-refractivity contribution in [2.45, 2.75) is 19.8 Å². The normalized spacial score (nSPS) is 11.0. The monoisotopic (exact) mass is 572 g/mol. The molecular weight excluding hydrogens is 539 g/mol. The predicted molar refractivity (Wildman–Crippen MR) is 160 cm³/mol. The van der Waals surface area contributed by atoms with E-state index in [0.717, 1.165) is 17.8 Å². The van der Waals surface area contributed by atoms with Crippen molar-refractivity contribution in [1.29, 1.82) is 0 Å². The first-order chi connectivity index (χ1) is 18.7. The highest BCUT2D eigenvalue weighted by Gasteiger charge is 2.14. The van der Waals surface area contributed by atoms with Crippen LogP contribution in [0, 0.1) is 0 Å². The summed E-state index contributed by atoms with van der Waals surface area (Å²) in [7, 11) is 3.57. The molecular formula is C28H34Cl2N6O3. The Morgan fingerprint density at radius 2 is 1.51 bits per heavy atom. The van der Waals surface area contributed by atoms with Gasteiger partial charge in [-0.15, -0.1) is 23.2 Å². The van der Waals surface area contributed by atoms with Crippen LogP contribution in [-0.2, 0) is 23.7 Å². The zero-order valence-corrected chi connectivity index (χ0v) is 23.9. The SMILES string of the molecule is CCCC(=O)Nc1cc(/C=C/C(=O)Nc2cc(C(=O)Nc3ccc(N(CCCl)CCCl)cc3)n(C)c2)n(C)c1. The van der Waals surface area contributed by atoms with E-state index < -0.39 is 0 Å². The van der Waals surface area contributed by atoms with Gasteiger partial charge in [-0.1, -0.05) is 6.92 Å². The Bertz CT molecular complexity index is 1310. The molecule has 3 amide bonds. The van der Waals surface area contributed by atoms with Gasteiger partial charge in [-0.2, -0.15) is 0 Å². The summed E-state index contributed by atoms with van der Waals surface area (Å²) in [6.07, 6.45) is 7.74. The maximum Gasteiger partial charge on any atom is 0.272 e. The van der Waals surface area contributed by atoms with E-state index in [4.69, 9.17) is 23.2 Å². The third kappa shape index (κ3) is 8.66. The minimum Gasteiger partial charge on any atom is -0.369 e. The Hall–Kier alpha value is -3.69. The molecule has 0 aliphatic heterocycles. The zero-order valence-electron chi connectivity index (χ0n) is 22.3. The van der Waals surface area contributed by atoms with Crippen molar-refractivity contribution >= 4 is 69.7 Å². The van der Waals surface area contributed by atoms with Gasteiger partial charge < -0.3 is 30.0 Å². The number of amides is 3. The first-order valence-electron chi connectivity index (χ1n) is 12.6. The number of rotatable bonds is 13. The van der Waals surface area contributed by atoms with Crippen molar-refractivity contribution in [3.05, 3.63) is 66.3 Å². The standard InChI is InChI=1S/C28H34Cl2N6O3/c1-4-5-26(37)31-21-16-24(34(2)18-21)10-11-27(38)32-22-17-25(35(3)19-22)28(39)33-20-6-8-23(9-7-20)36(14-12-29)15-13-30/h6-11,16-19H,4-5,12-15H2,1-3H3,(H,31,37)(H,32,38)(H,33,39)/b11-10+. The van der Waals surface area contributed by atoms with Crippen molar-refractivity contribution in [2.75, 3.05) is 45.7 Å². The van der Waals surface area contributed by atoms with E-state index in [1.54, 1.807) is 42.2 Å². The number of aromatic nitrogens is 2. The number of nitrogens with zero attached hydrogens (tertiary/aromatic N) is 3. The first kappa shape index (κ1) is 29.9. The molecule has 0 saturated carbocycles. The molecule has 0 fully saturated rings. The van der Waals surface area contributed by atoms with Gasteiger partial charge in [0.15, 0.2) is 0 Å². The van der Waals surface area contributed by atoms with E-state index in [1.807, 2.05) is 42.8 Å². The van der Waals surface area contributed by atoms with Crippen molar-refractivity contribution in [3.63, 3.8) is 0 Å². The number of alkyl halides is 2. The van der Waals surface area contributed by atoms with Crippen molar-refractivity contribution in [3.8, 4) is 0 Å². The van der Waals surface area contributed by atoms with Crippen molar-refractivity contribution < 1.29 is 14.4 Å². The number of benzene rings is 1. The Kier molecular flexibility index (Phi) is 11.1. The summed E-state index contributed by atoms with van der Waals surface area (Å²) in [6.45, 7) is 3.30. The molecule has 1 aromatic carbocycles. The smallest absolute Gasteiger partial charge is 0.272 e. The third-order valence-electron chi connectivity index (χ3n) is 5.91. The van der Waals surface area contributed by atoms with Crippen molar-refractivity contribution in [1.82, 2.24) is 9.13 Å².